The Balaban J connectivity index is 2.30. The summed E-state index contributed by atoms with van der Waals surface area (Å²) >= 11 is 6.23. The molecule has 0 N–H and O–H groups in total. The molecule has 0 bridgehead atoms. The molecule has 0 radical (unpaired) electrons. The highest BCUT2D eigenvalue weighted by atomic mass is 35.5. The summed E-state index contributed by atoms with van der Waals surface area (Å²) in [5.41, 5.74) is 2.13. The smallest absolute Gasteiger partial charge is 0.137 e. The molecule has 1 fully saturated rings. The van der Waals surface area contributed by atoms with E-state index in [0.29, 0.717) is 11.7 Å². The molecule has 1 saturated carbocycles. The minimum absolute atomic E-state index is 0.127. The molecule has 1 aliphatic carbocycles. The number of halogens is 1. The van der Waals surface area contributed by atoms with Crippen LogP contribution in [0.2, 0.25) is 5.02 Å². The molecule has 2 heteroatoms. The van der Waals surface area contributed by atoms with Crippen molar-refractivity contribution in [3.8, 4) is 0 Å². The second kappa shape index (κ2) is 5.28. The number of hydrogen-bond donors (Lipinski definition) is 0. The van der Waals surface area contributed by atoms with E-state index in [1.54, 1.807) is 0 Å². The van der Waals surface area contributed by atoms with Crippen LogP contribution in [-0.4, -0.2) is 5.78 Å². The van der Waals surface area contributed by atoms with Crippen LogP contribution in [0.25, 0.3) is 0 Å². The van der Waals surface area contributed by atoms with Gasteiger partial charge in [0.2, 0.25) is 0 Å². The van der Waals surface area contributed by atoms with Crippen molar-refractivity contribution in [1.29, 1.82) is 0 Å². The van der Waals surface area contributed by atoms with Crippen LogP contribution >= 0.6 is 11.6 Å². The second-order valence-corrected chi connectivity index (χ2v) is 7.00. The first-order valence-electron chi connectivity index (χ1n) is 7.11. The molecule has 0 amide bonds. The van der Waals surface area contributed by atoms with Gasteiger partial charge >= 0.3 is 0 Å². The largest absolute Gasteiger partial charge is 0.299 e. The van der Waals surface area contributed by atoms with Gasteiger partial charge in [0.1, 0.15) is 5.78 Å². The predicted octanol–water partition coefficient (Wildman–Crippen LogP) is 4.93. The first-order chi connectivity index (χ1) is 8.82. The molecular weight excluding hydrogens is 256 g/mol. The maximum atomic E-state index is 12.3. The summed E-state index contributed by atoms with van der Waals surface area (Å²) < 4.78 is 0. The number of hydrogen-bond acceptors (Lipinski definition) is 1. The molecule has 2 atom stereocenters. The summed E-state index contributed by atoms with van der Waals surface area (Å²) in [5, 5.41) is 0.794. The van der Waals surface area contributed by atoms with Gasteiger partial charge in [-0.1, -0.05) is 44.5 Å². The summed E-state index contributed by atoms with van der Waals surface area (Å²) in [6.07, 6.45) is 2.88. The molecule has 104 valence electrons. The van der Waals surface area contributed by atoms with Crippen LogP contribution in [0.5, 0.6) is 0 Å². The third-order valence-electron chi connectivity index (χ3n) is 4.67. The molecule has 1 nitrogen and oxygen atoms in total. The number of carbonyl (C=O) groups excluding carboxylic acids is 1. The summed E-state index contributed by atoms with van der Waals surface area (Å²) in [6.45, 7) is 8.52. The Labute approximate surface area is 121 Å². The molecule has 2 rings (SSSR count). The van der Waals surface area contributed by atoms with Crippen LogP contribution in [0.4, 0.5) is 0 Å². The monoisotopic (exact) mass is 278 g/mol. The number of aryl methyl sites for hydroxylation is 1. The number of carbonyl (C=O) groups is 1. The van der Waals surface area contributed by atoms with E-state index in [4.69, 9.17) is 11.6 Å². The van der Waals surface area contributed by atoms with Crippen molar-refractivity contribution in [3.63, 3.8) is 0 Å². The zero-order valence-electron chi connectivity index (χ0n) is 12.3. The SMILES string of the molecule is Cc1ccc(C(C)(C)C2CCC(C)CC2=O)cc1Cl. The van der Waals surface area contributed by atoms with Crippen molar-refractivity contribution in [2.24, 2.45) is 11.8 Å². The number of benzene rings is 1. The average molecular weight is 279 g/mol. The third kappa shape index (κ3) is 2.86. The number of Topliss-reactive ketones (excluding diaryl/α,β-unsaturated/α-hetero) is 1. The van der Waals surface area contributed by atoms with Gasteiger partial charge < -0.3 is 0 Å². The zero-order chi connectivity index (χ0) is 14.2. The van der Waals surface area contributed by atoms with Crippen molar-refractivity contribution in [2.75, 3.05) is 0 Å². The van der Waals surface area contributed by atoms with Crippen molar-refractivity contribution < 1.29 is 4.79 Å². The molecule has 0 heterocycles. The van der Waals surface area contributed by atoms with E-state index >= 15 is 0 Å². The number of ketones is 1. The second-order valence-electron chi connectivity index (χ2n) is 6.59. The van der Waals surface area contributed by atoms with Crippen LogP contribution in [0.1, 0.15) is 51.2 Å². The van der Waals surface area contributed by atoms with Gasteiger partial charge in [0.05, 0.1) is 0 Å². The lowest BCUT2D eigenvalue weighted by molar-refractivity contribution is -0.128. The standard InChI is InChI=1S/C17H23ClO/c1-11-5-8-14(16(19)9-11)17(3,4)13-7-6-12(2)15(18)10-13/h6-7,10-11,14H,5,8-9H2,1-4H3. The highest BCUT2D eigenvalue weighted by Crippen LogP contribution is 2.41. The molecule has 19 heavy (non-hydrogen) atoms. The van der Waals surface area contributed by atoms with Gasteiger partial charge in [0.15, 0.2) is 0 Å². The van der Waals surface area contributed by atoms with Crippen LogP contribution in [-0.2, 0) is 10.2 Å². The first-order valence-corrected chi connectivity index (χ1v) is 7.49. The van der Waals surface area contributed by atoms with Crippen LogP contribution in [0.15, 0.2) is 18.2 Å². The fourth-order valence-corrected chi connectivity index (χ4v) is 3.34. The fourth-order valence-electron chi connectivity index (χ4n) is 3.16. The van der Waals surface area contributed by atoms with E-state index in [9.17, 15) is 4.79 Å². The number of rotatable bonds is 2. The fraction of sp³-hybridized carbons (Fsp3) is 0.588. The highest BCUT2D eigenvalue weighted by molar-refractivity contribution is 6.31. The van der Waals surface area contributed by atoms with Gasteiger partial charge in [-0.15, -0.1) is 0 Å². The Kier molecular flexibility index (Phi) is 4.06. The van der Waals surface area contributed by atoms with Gasteiger partial charge in [0, 0.05) is 17.4 Å². The van der Waals surface area contributed by atoms with Gasteiger partial charge in [0.25, 0.3) is 0 Å². The Bertz CT molecular complexity index is 490. The van der Waals surface area contributed by atoms with Gasteiger partial charge in [-0.2, -0.15) is 0 Å². The van der Waals surface area contributed by atoms with Crippen molar-refractivity contribution in [3.05, 3.63) is 34.3 Å². The molecule has 0 spiro atoms. The van der Waals surface area contributed by atoms with E-state index in [1.807, 2.05) is 13.0 Å². The lowest BCUT2D eigenvalue weighted by atomic mass is 9.65. The van der Waals surface area contributed by atoms with E-state index in [2.05, 4.69) is 32.9 Å². The average Bonchev–Trinajstić information content (AvgIpc) is 2.32. The van der Waals surface area contributed by atoms with Crippen molar-refractivity contribution in [2.45, 2.75) is 52.4 Å². The van der Waals surface area contributed by atoms with E-state index in [-0.39, 0.29) is 11.3 Å². The Morgan fingerprint density at radius 1 is 1.26 bits per heavy atom. The van der Waals surface area contributed by atoms with Gasteiger partial charge in [-0.25, -0.2) is 0 Å². The van der Waals surface area contributed by atoms with Crippen molar-refractivity contribution >= 4 is 17.4 Å². The molecule has 0 aliphatic heterocycles. The Morgan fingerprint density at radius 3 is 2.53 bits per heavy atom. The molecule has 1 aromatic rings. The lowest BCUT2D eigenvalue weighted by Gasteiger charge is -2.38. The van der Waals surface area contributed by atoms with E-state index in [0.717, 1.165) is 29.8 Å². The summed E-state index contributed by atoms with van der Waals surface area (Å²) in [5.74, 6) is 1.09. The summed E-state index contributed by atoms with van der Waals surface area (Å²) in [6, 6.07) is 6.20. The summed E-state index contributed by atoms with van der Waals surface area (Å²) in [7, 11) is 0. The third-order valence-corrected chi connectivity index (χ3v) is 5.08. The predicted molar refractivity (Wildman–Crippen MR) is 80.7 cm³/mol. The van der Waals surface area contributed by atoms with Crippen molar-refractivity contribution in [1.82, 2.24) is 0 Å². The Morgan fingerprint density at radius 2 is 1.95 bits per heavy atom. The summed E-state index contributed by atoms with van der Waals surface area (Å²) in [4.78, 5) is 12.3. The zero-order valence-corrected chi connectivity index (χ0v) is 13.1. The quantitative estimate of drug-likeness (QED) is 0.749. The van der Waals surface area contributed by atoms with E-state index < -0.39 is 0 Å². The maximum absolute atomic E-state index is 12.3. The Hall–Kier alpha value is -0.820. The molecule has 0 aromatic heterocycles. The van der Waals surface area contributed by atoms with Crippen LogP contribution < -0.4 is 0 Å². The van der Waals surface area contributed by atoms with Crippen LogP contribution in [0.3, 0.4) is 0 Å². The first kappa shape index (κ1) is 14.6. The van der Waals surface area contributed by atoms with E-state index in [1.165, 1.54) is 5.56 Å². The highest BCUT2D eigenvalue weighted by Gasteiger charge is 2.39. The molecule has 2 unspecified atom stereocenters. The maximum Gasteiger partial charge on any atom is 0.137 e. The lowest BCUT2D eigenvalue weighted by Crippen LogP contribution is -2.38. The van der Waals surface area contributed by atoms with Gasteiger partial charge in [-0.3, -0.25) is 4.79 Å². The topological polar surface area (TPSA) is 17.1 Å². The normalized spacial score (nSPS) is 24.6. The van der Waals surface area contributed by atoms with Gasteiger partial charge in [-0.05, 0) is 48.3 Å². The molecule has 1 aromatic carbocycles. The van der Waals surface area contributed by atoms with Crippen LogP contribution in [0, 0.1) is 18.8 Å². The molecular formula is C17H23ClO. The minimum atomic E-state index is -0.130. The molecule has 1 aliphatic rings. The minimum Gasteiger partial charge on any atom is -0.299 e. The molecule has 0 saturated heterocycles.